The Hall–Kier alpha value is -4.08. The third-order valence-electron chi connectivity index (χ3n) is 4.90. The van der Waals surface area contributed by atoms with Gasteiger partial charge in [0.25, 0.3) is 0 Å². The van der Waals surface area contributed by atoms with Crippen LogP contribution in [0.2, 0.25) is 0 Å². The normalized spacial score (nSPS) is 11.9. The van der Waals surface area contributed by atoms with Crippen molar-refractivity contribution in [1.29, 1.82) is 0 Å². The second-order valence-electron chi connectivity index (χ2n) is 6.96. The van der Waals surface area contributed by atoms with Crippen molar-refractivity contribution in [2.24, 2.45) is 0 Å². The lowest BCUT2D eigenvalue weighted by Crippen LogP contribution is -2.08. The molecule has 0 spiro atoms. The molecule has 2 aromatic heterocycles. The summed E-state index contributed by atoms with van der Waals surface area (Å²) in [5.74, 6) is -1.58. The molecule has 5 rings (SSSR count). The van der Waals surface area contributed by atoms with Crippen LogP contribution < -0.4 is 5.32 Å². The monoisotopic (exact) mass is 441 g/mol. The molecule has 0 atom stereocenters. The summed E-state index contributed by atoms with van der Waals surface area (Å²) >= 11 is 0. The van der Waals surface area contributed by atoms with E-state index in [0.29, 0.717) is 10.9 Å². The van der Waals surface area contributed by atoms with Gasteiger partial charge in [0.2, 0.25) is 0 Å². The molecule has 0 radical (unpaired) electrons. The van der Waals surface area contributed by atoms with E-state index < -0.39 is 23.4 Å². The number of H-pyrrole nitrogens is 1. The first-order valence-electron chi connectivity index (χ1n) is 9.35. The van der Waals surface area contributed by atoms with Crippen LogP contribution in [-0.2, 0) is 6.18 Å². The van der Waals surface area contributed by atoms with Crippen LogP contribution >= 0.6 is 0 Å². The molecule has 0 unspecified atom stereocenters. The largest absolute Gasteiger partial charge is 0.417 e. The number of rotatable bonds is 3. The van der Waals surface area contributed by atoms with Crippen LogP contribution in [0.5, 0.6) is 0 Å². The summed E-state index contributed by atoms with van der Waals surface area (Å²) in [5.41, 5.74) is -0.711. The lowest BCUT2D eigenvalue weighted by atomic mass is 10.1. The van der Waals surface area contributed by atoms with Gasteiger partial charge in [-0.3, -0.25) is 5.10 Å². The lowest BCUT2D eigenvalue weighted by molar-refractivity contribution is -0.137. The Labute approximate surface area is 176 Å². The highest BCUT2D eigenvalue weighted by Gasteiger charge is 2.34. The lowest BCUT2D eigenvalue weighted by Gasteiger charge is -2.14. The van der Waals surface area contributed by atoms with Gasteiger partial charge in [-0.1, -0.05) is 30.3 Å². The van der Waals surface area contributed by atoms with Gasteiger partial charge in [0.1, 0.15) is 17.2 Å². The molecule has 0 aliphatic heterocycles. The predicted octanol–water partition coefficient (Wildman–Crippen LogP) is 6.21. The van der Waals surface area contributed by atoms with Crippen LogP contribution in [0.3, 0.4) is 0 Å². The molecule has 2 N–H and O–H groups in total. The van der Waals surface area contributed by atoms with E-state index in [0.717, 1.165) is 18.2 Å². The topological polar surface area (TPSA) is 66.5 Å². The number of aromatic nitrogens is 4. The van der Waals surface area contributed by atoms with Crippen LogP contribution in [0.4, 0.5) is 33.6 Å². The van der Waals surface area contributed by atoms with Crippen molar-refractivity contribution in [1.82, 2.24) is 20.2 Å². The van der Waals surface area contributed by atoms with E-state index in [-0.39, 0.29) is 33.9 Å². The summed E-state index contributed by atoms with van der Waals surface area (Å²) in [5, 5.41) is 9.96. The minimum atomic E-state index is -4.60. The summed E-state index contributed by atoms with van der Waals surface area (Å²) < 4.78 is 68.4. The Bertz CT molecular complexity index is 1480. The average Bonchev–Trinajstić information content (AvgIpc) is 3.16. The van der Waals surface area contributed by atoms with Gasteiger partial charge < -0.3 is 5.32 Å². The number of benzene rings is 3. The van der Waals surface area contributed by atoms with Gasteiger partial charge in [0.05, 0.1) is 16.5 Å². The second kappa shape index (κ2) is 7.26. The number of halogens is 5. The van der Waals surface area contributed by atoms with E-state index in [1.54, 1.807) is 24.3 Å². The zero-order chi connectivity index (χ0) is 22.5. The van der Waals surface area contributed by atoms with Crippen LogP contribution in [0.25, 0.3) is 33.2 Å². The molecule has 0 fully saturated rings. The van der Waals surface area contributed by atoms with Crippen molar-refractivity contribution < 1.29 is 22.0 Å². The van der Waals surface area contributed by atoms with Crippen molar-refractivity contribution in [2.75, 3.05) is 5.32 Å². The highest BCUT2D eigenvalue weighted by molar-refractivity contribution is 5.97. The molecule has 10 heteroatoms. The van der Waals surface area contributed by atoms with Gasteiger partial charge in [0.15, 0.2) is 17.5 Å². The van der Waals surface area contributed by atoms with Crippen molar-refractivity contribution in [3.63, 3.8) is 0 Å². The molecular formula is C22H12F5N5. The SMILES string of the molecule is Fc1cc(F)c2[nH]nc(Nc3nc(-c4ccccc4C(F)(F)F)nc4ccccc34)c2c1. The van der Waals surface area contributed by atoms with Crippen LogP contribution in [0.1, 0.15) is 5.56 Å². The molecule has 3 aromatic carbocycles. The van der Waals surface area contributed by atoms with E-state index in [4.69, 9.17) is 0 Å². The Morgan fingerprint density at radius 2 is 1.56 bits per heavy atom. The van der Waals surface area contributed by atoms with Gasteiger partial charge in [-0.05, 0) is 24.3 Å². The van der Waals surface area contributed by atoms with Crippen LogP contribution in [0.15, 0.2) is 60.7 Å². The molecule has 32 heavy (non-hydrogen) atoms. The number of aromatic amines is 1. The van der Waals surface area contributed by atoms with Gasteiger partial charge in [-0.15, -0.1) is 0 Å². The maximum absolute atomic E-state index is 14.0. The molecule has 0 bridgehead atoms. The number of nitrogens with one attached hydrogen (secondary N) is 2. The number of alkyl halides is 3. The first-order valence-corrected chi connectivity index (χ1v) is 9.35. The molecule has 0 amide bonds. The third kappa shape index (κ3) is 3.39. The fourth-order valence-corrected chi connectivity index (χ4v) is 3.47. The summed E-state index contributed by atoms with van der Waals surface area (Å²) in [6.07, 6.45) is -4.60. The van der Waals surface area contributed by atoms with E-state index in [2.05, 4.69) is 25.5 Å². The number of hydrogen-bond acceptors (Lipinski definition) is 4. The van der Waals surface area contributed by atoms with Crippen LogP contribution in [0, 0.1) is 11.6 Å². The zero-order valence-electron chi connectivity index (χ0n) is 16.0. The summed E-state index contributed by atoms with van der Waals surface area (Å²) in [7, 11) is 0. The van der Waals surface area contributed by atoms with Crippen molar-refractivity contribution >= 4 is 33.4 Å². The fourth-order valence-electron chi connectivity index (χ4n) is 3.47. The summed E-state index contributed by atoms with van der Waals surface area (Å²) in [6, 6.07) is 13.5. The molecule has 2 heterocycles. The highest BCUT2D eigenvalue weighted by Crippen LogP contribution is 2.37. The van der Waals surface area contributed by atoms with Gasteiger partial charge >= 0.3 is 6.18 Å². The molecule has 0 saturated heterocycles. The Morgan fingerprint density at radius 1 is 0.812 bits per heavy atom. The number of para-hydroxylation sites is 1. The van der Waals surface area contributed by atoms with Crippen molar-refractivity contribution in [2.45, 2.75) is 6.18 Å². The first kappa shape index (κ1) is 19.9. The molecule has 0 aliphatic rings. The smallest absolute Gasteiger partial charge is 0.322 e. The molecule has 5 aromatic rings. The third-order valence-corrected chi connectivity index (χ3v) is 4.90. The standard InChI is InChI=1S/C22H12F5N5/c23-11-9-14-18(16(24)10-11)31-32-21(14)30-20-13-6-2-4-8-17(13)28-19(29-20)12-5-1-3-7-15(12)22(25,26)27/h1-10H,(H2,28,29,30,31,32). The quantitative estimate of drug-likeness (QED) is 0.327. The number of nitrogens with zero attached hydrogens (tertiary/aromatic N) is 3. The maximum atomic E-state index is 14.0. The van der Waals surface area contributed by atoms with E-state index in [9.17, 15) is 22.0 Å². The molecule has 0 aliphatic carbocycles. The first-order chi connectivity index (χ1) is 15.3. The molecular weight excluding hydrogens is 429 g/mol. The second-order valence-corrected chi connectivity index (χ2v) is 6.96. The summed E-state index contributed by atoms with van der Waals surface area (Å²) in [4.78, 5) is 8.61. The van der Waals surface area contributed by atoms with E-state index in [1.807, 2.05) is 0 Å². The Kier molecular flexibility index (Phi) is 4.50. The number of fused-ring (bicyclic) bond motifs is 2. The number of anilines is 2. The van der Waals surface area contributed by atoms with Gasteiger partial charge in [-0.2, -0.15) is 18.3 Å². The zero-order valence-corrected chi connectivity index (χ0v) is 16.0. The molecule has 5 nitrogen and oxygen atoms in total. The van der Waals surface area contributed by atoms with Crippen molar-refractivity contribution in [3.8, 4) is 11.4 Å². The maximum Gasteiger partial charge on any atom is 0.417 e. The minimum Gasteiger partial charge on any atom is -0.322 e. The van der Waals surface area contributed by atoms with Gasteiger partial charge in [0, 0.05) is 17.0 Å². The summed E-state index contributed by atoms with van der Waals surface area (Å²) in [6.45, 7) is 0. The minimum absolute atomic E-state index is 0.0186. The highest BCUT2D eigenvalue weighted by atomic mass is 19.4. The van der Waals surface area contributed by atoms with E-state index >= 15 is 0 Å². The Morgan fingerprint density at radius 3 is 2.38 bits per heavy atom. The fraction of sp³-hybridized carbons (Fsp3) is 0.0455. The average molecular weight is 441 g/mol. The Balaban J connectivity index is 1.70. The van der Waals surface area contributed by atoms with Crippen molar-refractivity contribution in [3.05, 3.63) is 77.9 Å². The number of hydrogen-bond donors (Lipinski definition) is 2. The molecule has 160 valence electrons. The molecule has 0 saturated carbocycles. The van der Waals surface area contributed by atoms with Crippen LogP contribution in [-0.4, -0.2) is 20.2 Å². The van der Waals surface area contributed by atoms with Gasteiger partial charge in [-0.25, -0.2) is 18.7 Å². The van der Waals surface area contributed by atoms with E-state index in [1.165, 1.54) is 18.2 Å². The predicted molar refractivity (Wildman–Crippen MR) is 109 cm³/mol.